The topological polar surface area (TPSA) is 106 Å². The zero-order chi connectivity index (χ0) is 31.4. The van der Waals surface area contributed by atoms with E-state index in [4.69, 9.17) is 9.47 Å². The molecule has 2 atom stereocenters. The van der Waals surface area contributed by atoms with Crippen molar-refractivity contribution in [2.45, 2.75) is 65.1 Å². The predicted octanol–water partition coefficient (Wildman–Crippen LogP) is 5.90. The number of aromatic nitrogens is 2. The van der Waals surface area contributed by atoms with Crippen molar-refractivity contribution in [1.29, 1.82) is 0 Å². The van der Waals surface area contributed by atoms with E-state index in [1.54, 1.807) is 64.2 Å². The predicted molar refractivity (Wildman–Crippen MR) is 155 cm³/mol. The van der Waals surface area contributed by atoms with E-state index in [2.05, 4.69) is 20.6 Å². The minimum absolute atomic E-state index is 0.0269. The first-order chi connectivity index (χ1) is 20.2. The van der Waals surface area contributed by atoms with Gasteiger partial charge in [0.25, 0.3) is 5.91 Å². The molecule has 12 heteroatoms. The van der Waals surface area contributed by atoms with Crippen molar-refractivity contribution in [3.63, 3.8) is 0 Å². The Labute approximate surface area is 248 Å². The molecule has 0 radical (unpaired) electrons. The second-order valence-electron chi connectivity index (χ2n) is 11.4. The number of carbonyl (C=O) groups excluding carboxylic acids is 2. The van der Waals surface area contributed by atoms with Gasteiger partial charge >= 0.3 is 12.3 Å². The lowest BCUT2D eigenvalue weighted by Crippen LogP contribution is -2.42. The van der Waals surface area contributed by atoms with Crippen molar-refractivity contribution < 1.29 is 32.2 Å². The van der Waals surface area contributed by atoms with Crippen LogP contribution in [0.2, 0.25) is 0 Å². The Morgan fingerprint density at radius 3 is 2.49 bits per heavy atom. The lowest BCUT2D eigenvalue weighted by atomic mass is 9.95. The van der Waals surface area contributed by atoms with Gasteiger partial charge in [-0.1, -0.05) is 30.3 Å². The molecule has 2 heterocycles. The lowest BCUT2D eigenvalue weighted by molar-refractivity contribution is -0.137. The molecule has 9 nitrogen and oxygen atoms in total. The number of carbonyl (C=O) groups is 2. The lowest BCUT2D eigenvalue weighted by Gasteiger charge is -2.31. The number of alkyl carbamates (subject to hydrolysis) is 1. The Morgan fingerprint density at radius 2 is 1.84 bits per heavy atom. The number of nitrogens with zero attached hydrogens (tertiary/aromatic N) is 3. The van der Waals surface area contributed by atoms with Gasteiger partial charge in [0.2, 0.25) is 5.95 Å². The first kappa shape index (κ1) is 31.7. The Morgan fingerprint density at radius 1 is 1.12 bits per heavy atom. The molecule has 0 unspecified atom stereocenters. The second-order valence-corrected chi connectivity index (χ2v) is 11.4. The molecule has 1 fully saturated rings. The van der Waals surface area contributed by atoms with Crippen LogP contribution < -0.4 is 15.5 Å². The zero-order valence-corrected chi connectivity index (χ0v) is 24.8. The monoisotopic (exact) mass is 599 g/mol. The number of benzene rings is 2. The van der Waals surface area contributed by atoms with Crippen molar-refractivity contribution in [3.8, 4) is 11.1 Å². The Kier molecular flexibility index (Phi) is 9.59. The van der Waals surface area contributed by atoms with E-state index in [9.17, 15) is 22.8 Å². The molecule has 2 amide bonds. The first-order valence-electron chi connectivity index (χ1n) is 14.0. The third-order valence-electron chi connectivity index (χ3n) is 6.73. The van der Waals surface area contributed by atoms with Crippen molar-refractivity contribution in [1.82, 2.24) is 20.6 Å². The third kappa shape index (κ3) is 8.66. The normalized spacial score (nSPS) is 16.4. The molecule has 1 saturated heterocycles. The van der Waals surface area contributed by atoms with E-state index < -0.39 is 29.5 Å². The van der Waals surface area contributed by atoms with Crippen LogP contribution in [0.1, 0.15) is 67.8 Å². The van der Waals surface area contributed by atoms with Crippen LogP contribution in [0.25, 0.3) is 11.1 Å². The molecule has 1 aliphatic rings. The van der Waals surface area contributed by atoms with Gasteiger partial charge < -0.3 is 25.0 Å². The summed E-state index contributed by atoms with van der Waals surface area (Å²) in [7, 11) is 0. The highest BCUT2D eigenvalue weighted by Crippen LogP contribution is 2.34. The molecule has 0 bridgehead atoms. The van der Waals surface area contributed by atoms with Gasteiger partial charge in [-0.05, 0) is 75.1 Å². The van der Waals surface area contributed by atoms with Crippen molar-refractivity contribution in [2.75, 3.05) is 24.6 Å². The van der Waals surface area contributed by atoms with Crippen LogP contribution in [-0.4, -0.2) is 53.4 Å². The maximum atomic E-state index is 13.5. The van der Waals surface area contributed by atoms with Gasteiger partial charge in [0, 0.05) is 25.8 Å². The number of alkyl halides is 3. The number of amides is 2. The maximum absolute atomic E-state index is 13.5. The summed E-state index contributed by atoms with van der Waals surface area (Å²) < 4.78 is 51.5. The van der Waals surface area contributed by atoms with Gasteiger partial charge in [0.1, 0.15) is 11.3 Å². The summed E-state index contributed by atoms with van der Waals surface area (Å²) in [5.74, 6) is 0.0766. The molecule has 1 aliphatic heterocycles. The van der Waals surface area contributed by atoms with Crippen LogP contribution in [0.3, 0.4) is 0 Å². The number of ether oxygens (including phenoxy) is 2. The fourth-order valence-corrected chi connectivity index (χ4v) is 4.59. The molecular weight excluding hydrogens is 563 g/mol. The number of morpholine rings is 1. The van der Waals surface area contributed by atoms with Gasteiger partial charge in [0.05, 0.1) is 24.3 Å². The first-order valence-corrected chi connectivity index (χ1v) is 14.0. The van der Waals surface area contributed by atoms with E-state index in [0.29, 0.717) is 42.3 Å². The van der Waals surface area contributed by atoms with Crippen molar-refractivity contribution in [3.05, 3.63) is 77.1 Å². The highest BCUT2D eigenvalue weighted by atomic mass is 19.4. The van der Waals surface area contributed by atoms with Crippen LogP contribution in [-0.2, 0) is 22.2 Å². The molecule has 2 N–H and O–H groups in total. The average molecular weight is 600 g/mol. The summed E-state index contributed by atoms with van der Waals surface area (Å²) >= 11 is 0. The fourth-order valence-electron chi connectivity index (χ4n) is 4.59. The number of hydrogen-bond acceptors (Lipinski definition) is 7. The number of anilines is 1. The zero-order valence-electron chi connectivity index (χ0n) is 24.8. The molecule has 2 aromatic carbocycles. The highest BCUT2D eigenvalue weighted by Gasteiger charge is 2.31. The molecular formula is C31H36F3N5O4. The van der Waals surface area contributed by atoms with Crippen LogP contribution in [0.4, 0.5) is 23.9 Å². The minimum atomic E-state index is -4.54. The quantitative estimate of drug-likeness (QED) is 0.348. The standard InChI is InChI=1S/C31H36F3N5O4/c1-19-18-39(14-15-42-19)28-35-13-12-26(38-28)27(40)37-20(2)21-6-8-22(9-7-21)25-16-24(31(32,33)34)11-10-23(25)17-36-29(41)43-30(3,4)5/h6-13,16,19-20H,14-15,17-18H2,1-5H3,(H,36,41)(H,37,40)/t19-,20+/m0/s1. The highest BCUT2D eigenvalue weighted by molar-refractivity contribution is 5.92. The van der Waals surface area contributed by atoms with Gasteiger partial charge in [-0.25, -0.2) is 14.8 Å². The Hall–Kier alpha value is -4.19. The summed E-state index contributed by atoms with van der Waals surface area (Å²) in [6, 6.07) is 11.4. The van der Waals surface area contributed by atoms with Gasteiger partial charge in [-0.2, -0.15) is 13.2 Å². The summed E-state index contributed by atoms with van der Waals surface area (Å²) in [6.45, 7) is 10.7. The van der Waals surface area contributed by atoms with Gasteiger partial charge in [-0.3, -0.25) is 4.79 Å². The molecule has 0 aliphatic carbocycles. The van der Waals surface area contributed by atoms with E-state index in [1.807, 2.05) is 11.8 Å². The molecule has 1 aromatic heterocycles. The van der Waals surface area contributed by atoms with E-state index in [0.717, 1.165) is 17.7 Å². The van der Waals surface area contributed by atoms with Crippen molar-refractivity contribution >= 4 is 17.9 Å². The summed E-state index contributed by atoms with van der Waals surface area (Å²) in [4.78, 5) is 35.9. The van der Waals surface area contributed by atoms with Crippen LogP contribution in [0.15, 0.2) is 54.7 Å². The molecule has 0 saturated carbocycles. The molecule has 4 rings (SSSR count). The van der Waals surface area contributed by atoms with E-state index >= 15 is 0 Å². The second kappa shape index (κ2) is 13.0. The smallest absolute Gasteiger partial charge is 0.416 e. The molecule has 230 valence electrons. The maximum Gasteiger partial charge on any atom is 0.416 e. The average Bonchev–Trinajstić information content (AvgIpc) is 2.94. The van der Waals surface area contributed by atoms with Crippen LogP contribution >= 0.6 is 0 Å². The van der Waals surface area contributed by atoms with E-state index in [-0.39, 0.29) is 24.2 Å². The number of halogens is 3. The largest absolute Gasteiger partial charge is 0.444 e. The van der Waals surface area contributed by atoms with E-state index in [1.165, 1.54) is 6.07 Å². The van der Waals surface area contributed by atoms with Gasteiger partial charge in [-0.15, -0.1) is 0 Å². The molecule has 43 heavy (non-hydrogen) atoms. The fraction of sp³-hybridized carbons (Fsp3) is 0.419. The van der Waals surface area contributed by atoms with Gasteiger partial charge in [0.15, 0.2) is 0 Å². The molecule has 0 spiro atoms. The Bertz CT molecular complexity index is 1440. The minimum Gasteiger partial charge on any atom is -0.444 e. The number of rotatable bonds is 7. The summed E-state index contributed by atoms with van der Waals surface area (Å²) in [6.07, 6.45) is -3.63. The molecule has 3 aromatic rings. The third-order valence-corrected chi connectivity index (χ3v) is 6.73. The summed E-state index contributed by atoms with van der Waals surface area (Å²) in [5.41, 5.74) is 0.778. The Balaban J connectivity index is 1.49. The van der Waals surface area contributed by atoms with Crippen LogP contribution in [0, 0.1) is 0 Å². The van der Waals surface area contributed by atoms with Crippen molar-refractivity contribution in [2.24, 2.45) is 0 Å². The SMILES string of the molecule is C[C@H]1CN(c2nccc(C(=O)N[C@H](C)c3ccc(-c4cc(C(F)(F)F)ccc4CNC(=O)OC(C)(C)C)cc3)n2)CCO1. The van der Waals surface area contributed by atoms with Crippen LogP contribution in [0.5, 0.6) is 0 Å². The summed E-state index contributed by atoms with van der Waals surface area (Å²) in [5, 5.41) is 5.53. The number of hydrogen-bond donors (Lipinski definition) is 2. The number of nitrogens with one attached hydrogen (secondary N) is 2.